The van der Waals surface area contributed by atoms with E-state index in [1.165, 1.54) is 28.8 Å². The van der Waals surface area contributed by atoms with E-state index in [1.807, 2.05) is 6.20 Å². The smallest absolute Gasteiger partial charge is 0.283 e. The monoisotopic (exact) mass is 468 g/mol. The first kappa shape index (κ1) is 19.9. The molecule has 0 amide bonds. The summed E-state index contributed by atoms with van der Waals surface area (Å²) >= 11 is 3.56. The van der Waals surface area contributed by atoms with Crippen LogP contribution in [0.3, 0.4) is 0 Å². The number of rotatable bonds is 4. The summed E-state index contributed by atoms with van der Waals surface area (Å²) in [5.74, 6) is 0.728. The van der Waals surface area contributed by atoms with Crippen molar-refractivity contribution in [2.24, 2.45) is 22.6 Å². The molecule has 1 saturated carbocycles. The molecular weight excluding hydrogens is 440 g/mol. The highest BCUT2D eigenvalue weighted by molar-refractivity contribution is 9.10. The van der Waals surface area contributed by atoms with Gasteiger partial charge in [0.1, 0.15) is 11.6 Å². The lowest BCUT2D eigenvalue weighted by Crippen LogP contribution is -2.41. The molecule has 0 saturated heterocycles. The Labute approximate surface area is 186 Å². The molecule has 1 aromatic carbocycles. The molecule has 1 aliphatic heterocycles. The number of amidine groups is 1. The van der Waals surface area contributed by atoms with E-state index in [0.29, 0.717) is 17.9 Å². The second-order valence-electron chi connectivity index (χ2n) is 9.25. The maximum absolute atomic E-state index is 6.11. The standard InChI is InChI=1S/C24H29BrN4O/c1-13(2)24(19-11-21(19)30-23(26)29-24)18-10-17(8-7-14(18)3)28-20-6-4-5-15-9-16(25)12-27-22(15)20/h7-10,12-13,19-21,28H,4-6,11H2,1-3H3,(H2,26,29)/t19-,20-,21+,24+/m0/s1. The number of pyridine rings is 1. The molecule has 0 bridgehead atoms. The molecule has 3 N–H and O–H groups in total. The molecule has 158 valence electrons. The molecular formula is C24H29BrN4O. The van der Waals surface area contributed by atoms with Gasteiger partial charge in [-0.2, -0.15) is 0 Å². The highest BCUT2D eigenvalue weighted by atomic mass is 79.9. The van der Waals surface area contributed by atoms with Crippen molar-refractivity contribution in [2.45, 2.75) is 64.1 Å². The number of halogens is 1. The van der Waals surface area contributed by atoms with E-state index < -0.39 is 0 Å². The van der Waals surface area contributed by atoms with Crippen LogP contribution in [0.2, 0.25) is 0 Å². The lowest BCUT2D eigenvalue weighted by Gasteiger charge is -2.39. The maximum Gasteiger partial charge on any atom is 0.283 e. The molecule has 2 aliphatic carbocycles. The summed E-state index contributed by atoms with van der Waals surface area (Å²) in [7, 11) is 0. The van der Waals surface area contributed by atoms with E-state index in [0.717, 1.165) is 29.4 Å². The fraction of sp³-hybridized carbons (Fsp3) is 0.500. The highest BCUT2D eigenvalue weighted by Gasteiger charge is 2.60. The number of aliphatic imine (C=N–C) groups is 1. The number of aryl methyl sites for hydroxylation is 2. The van der Waals surface area contributed by atoms with Crippen LogP contribution in [-0.4, -0.2) is 17.1 Å². The summed E-state index contributed by atoms with van der Waals surface area (Å²) < 4.78 is 6.78. The Morgan fingerprint density at radius 3 is 2.93 bits per heavy atom. The normalized spacial score (nSPS) is 29.5. The quantitative estimate of drug-likeness (QED) is 0.644. The van der Waals surface area contributed by atoms with Crippen LogP contribution >= 0.6 is 15.9 Å². The van der Waals surface area contributed by atoms with E-state index >= 15 is 0 Å². The molecule has 0 radical (unpaired) electrons. The highest BCUT2D eigenvalue weighted by Crippen LogP contribution is 2.57. The maximum atomic E-state index is 6.11. The van der Waals surface area contributed by atoms with Crippen molar-refractivity contribution in [3.8, 4) is 0 Å². The van der Waals surface area contributed by atoms with Gasteiger partial charge in [0.2, 0.25) is 0 Å². The number of nitrogens with zero attached hydrogens (tertiary/aromatic N) is 2. The average Bonchev–Trinajstić information content (AvgIpc) is 3.48. The SMILES string of the molecule is Cc1ccc(N[C@H]2CCCc3cc(Br)cnc32)cc1[C@@]1(C(C)C)N=C(N)O[C@@H]2C[C@@H]21. The van der Waals surface area contributed by atoms with Crippen molar-refractivity contribution >= 4 is 27.6 Å². The number of fused-ring (bicyclic) bond motifs is 2. The van der Waals surface area contributed by atoms with Crippen LogP contribution in [0.15, 0.2) is 39.9 Å². The lowest BCUT2D eigenvalue weighted by molar-refractivity contribution is 0.161. The van der Waals surface area contributed by atoms with Gasteiger partial charge in [-0.05, 0) is 89.3 Å². The van der Waals surface area contributed by atoms with E-state index in [4.69, 9.17) is 20.4 Å². The Balaban J connectivity index is 1.52. The Hall–Kier alpha value is -2.08. The van der Waals surface area contributed by atoms with Gasteiger partial charge in [-0.25, -0.2) is 4.99 Å². The summed E-state index contributed by atoms with van der Waals surface area (Å²) in [6, 6.07) is 9.44. The molecule has 1 fully saturated rings. The van der Waals surface area contributed by atoms with E-state index in [1.54, 1.807) is 0 Å². The Kier molecular flexibility index (Phi) is 4.80. The Morgan fingerprint density at radius 2 is 2.13 bits per heavy atom. The molecule has 30 heavy (non-hydrogen) atoms. The van der Waals surface area contributed by atoms with Crippen LogP contribution in [0.1, 0.15) is 61.5 Å². The number of ether oxygens (including phenoxy) is 1. The minimum atomic E-state index is -0.317. The third-order valence-corrected chi connectivity index (χ3v) is 7.43. The number of aromatic nitrogens is 1. The molecule has 2 aromatic rings. The van der Waals surface area contributed by atoms with Crippen molar-refractivity contribution in [2.75, 3.05) is 5.32 Å². The van der Waals surface area contributed by atoms with Gasteiger partial charge in [-0.15, -0.1) is 0 Å². The van der Waals surface area contributed by atoms with Gasteiger partial charge in [0.05, 0.1) is 11.7 Å². The van der Waals surface area contributed by atoms with Crippen molar-refractivity contribution < 1.29 is 4.74 Å². The van der Waals surface area contributed by atoms with Crippen LogP contribution in [-0.2, 0) is 16.7 Å². The number of nitrogens with one attached hydrogen (secondary N) is 1. The van der Waals surface area contributed by atoms with E-state index in [2.05, 4.69) is 66.3 Å². The van der Waals surface area contributed by atoms with Gasteiger partial charge in [-0.1, -0.05) is 19.9 Å². The molecule has 5 rings (SSSR count). The largest absolute Gasteiger partial charge is 0.462 e. The van der Waals surface area contributed by atoms with Crippen molar-refractivity contribution in [3.63, 3.8) is 0 Å². The first-order valence-corrected chi connectivity index (χ1v) is 11.7. The van der Waals surface area contributed by atoms with Crippen LogP contribution in [0.5, 0.6) is 0 Å². The van der Waals surface area contributed by atoms with Gasteiger partial charge in [0, 0.05) is 22.3 Å². The van der Waals surface area contributed by atoms with Gasteiger partial charge in [0.25, 0.3) is 6.02 Å². The van der Waals surface area contributed by atoms with E-state index in [9.17, 15) is 0 Å². The molecule has 3 aliphatic rings. The zero-order valence-electron chi connectivity index (χ0n) is 17.8. The van der Waals surface area contributed by atoms with Crippen LogP contribution in [0.4, 0.5) is 5.69 Å². The second-order valence-corrected chi connectivity index (χ2v) is 10.2. The molecule has 6 heteroatoms. The van der Waals surface area contributed by atoms with Gasteiger partial charge < -0.3 is 15.8 Å². The van der Waals surface area contributed by atoms with Crippen molar-refractivity contribution in [3.05, 3.63) is 57.3 Å². The van der Waals surface area contributed by atoms with Crippen LogP contribution in [0.25, 0.3) is 0 Å². The number of anilines is 1. The second kappa shape index (κ2) is 7.26. The minimum absolute atomic E-state index is 0.203. The zero-order valence-corrected chi connectivity index (χ0v) is 19.4. The molecule has 1 aromatic heterocycles. The lowest BCUT2D eigenvalue weighted by atomic mass is 9.74. The number of hydrogen-bond acceptors (Lipinski definition) is 5. The summed E-state index contributed by atoms with van der Waals surface area (Å²) in [5.41, 5.74) is 11.9. The third-order valence-electron chi connectivity index (χ3n) is 6.99. The minimum Gasteiger partial charge on any atom is -0.462 e. The number of nitrogens with two attached hydrogens (primary N) is 1. The molecule has 0 unspecified atom stereocenters. The Bertz CT molecular complexity index is 1020. The first-order chi connectivity index (χ1) is 14.4. The van der Waals surface area contributed by atoms with Crippen molar-refractivity contribution in [1.82, 2.24) is 4.98 Å². The summed E-state index contributed by atoms with van der Waals surface area (Å²) in [6.07, 6.45) is 6.47. The van der Waals surface area contributed by atoms with Crippen molar-refractivity contribution in [1.29, 1.82) is 0 Å². The number of hydrogen-bond donors (Lipinski definition) is 2. The number of benzene rings is 1. The van der Waals surface area contributed by atoms with E-state index in [-0.39, 0.29) is 17.7 Å². The zero-order chi connectivity index (χ0) is 21.0. The average molecular weight is 469 g/mol. The van der Waals surface area contributed by atoms with Crippen LogP contribution < -0.4 is 11.1 Å². The predicted molar refractivity (Wildman–Crippen MR) is 124 cm³/mol. The summed E-state index contributed by atoms with van der Waals surface area (Å²) in [4.78, 5) is 9.66. The van der Waals surface area contributed by atoms with Crippen LogP contribution in [0, 0.1) is 18.8 Å². The fourth-order valence-electron chi connectivity index (χ4n) is 5.46. The van der Waals surface area contributed by atoms with Gasteiger partial charge >= 0.3 is 0 Å². The fourth-order valence-corrected chi connectivity index (χ4v) is 5.84. The van der Waals surface area contributed by atoms with Gasteiger partial charge in [0.15, 0.2) is 0 Å². The molecule has 5 nitrogen and oxygen atoms in total. The third kappa shape index (κ3) is 3.20. The predicted octanol–water partition coefficient (Wildman–Crippen LogP) is 5.23. The topological polar surface area (TPSA) is 72.5 Å². The van der Waals surface area contributed by atoms with Gasteiger partial charge in [-0.3, -0.25) is 4.98 Å². The summed E-state index contributed by atoms with van der Waals surface area (Å²) in [5, 5.41) is 3.77. The molecule has 0 spiro atoms. The molecule has 2 heterocycles. The molecule has 4 atom stereocenters. The summed E-state index contributed by atoms with van der Waals surface area (Å²) in [6.45, 7) is 6.67. The first-order valence-electron chi connectivity index (χ1n) is 10.9. The Morgan fingerprint density at radius 1 is 1.30 bits per heavy atom.